The zero-order valence-corrected chi connectivity index (χ0v) is 12.8. The van der Waals surface area contributed by atoms with Crippen LogP contribution in [0.3, 0.4) is 0 Å². The van der Waals surface area contributed by atoms with Gasteiger partial charge in [0.1, 0.15) is 5.75 Å². The molecule has 0 bridgehead atoms. The van der Waals surface area contributed by atoms with Crippen LogP contribution in [0.2, 0.25) is 0 Å². The smallest absolute Gasteiger partial charge is 0.321 e. The van der Waals surface area contributed by atoms with Gasteiger partial charge < -0.3 is 14.8 Å². The zero-order chi connectivity index (χ0) is 16.5. The fourth-order valence-electron chi connectivity index (χ4n) is 1.66. The van der Waals surface area contributed by atoms with Gasteiger partial charge in [-0.15, -0.1) is 0 Å². The number of rotatable bonds is 6. The quantitative estimate of drug-likeness (QED) is 0.765. The van der Waals surface area contributed by atoms with Gasteiger partial charge >= 0.3 is 12.0 Å². The molecule has 0 saturated carbocycles. The van der Waals surface area contributed by atoms with Gasteiger partial charge in [-0.25, -0.2) is 4.79 Å². The van der Waals surface area contributed by atoms with E-state index in [0.717, 1.165) is 0 Å². The van der Waals surface area contributed by atoms with Crippen molar-refractivity contribution >= 4 is 17.9 Å². The average molecular weight is 308 g/mol. The average Bonchev–Trinajstić information content (AvgIpc) is 2.44. The van der Waals surface area contributed by atoms with Gasteiger partial charge in [-0.1, -0.05) is 18.2 Å². The van der Waals surface area contributed by atoms with E-state index >= 15 is 0 Å². The molecule has 0 spiro atoms. The number of benzene rings is 1. The van der Waals surface area contributed by atoms with Crippen LogP contribution in [0.25, 0.3) is 0 Å². The summed E-state index contributed by atoms with van der Waals surface area (Å²) in [4.78, 5) is 34.4. The molecule has 0 aliphatic carbocycles. The monoisotopic (exact) mass is 308 g/mol. The molecule has 0 atom stereocenters. The fraction of sp³-hybridized carbons (Fsp3) is 0.400. The van der Waals surface area contributed by atoms with E-state index in [0.29, 0.717) is 11.3 Å². The summed E-state index contributed by atoms with van der Waals surface area (Å²) in [5.74, 6) is -0.698. The van der Waals surface area contributed by atoms with E-state index in [1.807, 2.05) is 0 Å². The fourth-order valence-corrected chi connectivity index (χ4v) is 1.66. The van der Waals surface area contributed by atoms with Crippen LogP contribution in [0.1, 0.15) is 19.4 Å². The Morgan fingerprint density at radius 2 is 1.86 bits per heavy atom. The first-order chi connectivity index (χ1) is 10.4. The Labute approximate surface area is 129 Å². The molecule has 7 nitrogen and oxygen atoms in total. The van der Waals surface area contributed by atoms with Gasteiger partial charge in [0.2, 0.25) is 0 Å². The van der Waals surface area contributed by atoms with E-state index in [1.165, 1.54) is 7.11 Å². The number of para-hydroxylation sites is 1. The Bertz CT molecular complexity index is 542. The number of ether oxygens (including phenoxy) is 2. The summed E-state index contributed by atoms with van der Waals surface area (Å²) in [5.41, 5.74) is 0.660. The molecule has 120 valence electrons. The molecule has 1 rings (SSSR count). The van der Waals surface area contributed by atoms with Crippen molar-refractivity contribution in [1.29, 1.82) is 0 Å². The predicted molar refractivity (Wildman–Crippen MR) is 79.5 cm³/mol. The van der Waals surface area contributed by atoms with Crippen LogP contribution in [0.15, 0.2) is 24.3 Å². The van der Waals surface area contributed by atoms with Crippen LogP contribution >= 0.6 is 0 Å². The van der Waals surface area contributed by atoms with E-state index in [2.05, 4.69) is 10.6 Å². The Kier molecular flexibility index (Phi) is 6.88. The number of carbonyl (C=O) groups excluding carboxylic acids is 3. The maximum atomic E-state index is 11.7. The lowest BCUT2D eigenvalue weighted by Crippen LogP contribution is -2.44. The van der Waals surface area contributed by atoms with Gasteiger partial charge in [-0.3, -0.25) is 14.9 Å². The van der Waals surface area contributed by atoms with Crippen LogP contribution in [0.5, 0.6) is 5.75 Å². The van der Waals surface area contributed by atoms with E-state index in [1.54, 1.807) is 38.1 Å². The summed E-state index contributed by atoms with van der Waals surface area (Å²) in [6, 6.07) is 6.30. The third kappa shape index (κ3) is 6.25. The standard InChI is InChI=1S/C15H20N2O5/c1-10(2)16-15(20)17-13(18)9-22-14(19)8-11-6-4-5-7-12(11)21-3/h4-7,10H,8-9H2,1-3H3,(H2,16,17,18,20). The number of hydrogen-bond acceptors (Lipinski definition) is 5. The number of esters is 1. The second kappa shape index (κ2) is 8.66. The lowest BCUT2D eigenvalue weighted by molar-refractivity contribution is -0.147. The van der Waals surface area contributed by atoms with Crippen molar-refractivity contribution in [2.24, 2.45) is 0 Å². The highest BCUT2D eigenvalue weighted by Crippen LogP contribution is 2.17. The molecular weight excluding hydrogens is 288 g/mol. The van der Waals surface area contributed by atoms with E-state index < -0.39 is 24.5 Å². The molecule has 0 aliphatic heterocycles. The van der Waals surface area contributed by atoms with Gasteiger partial charge in [0.05, 0.1) is 13.5 Å². The molecule has 0 heterocycles. The minimum Gasteiger partial charge on any atom is -0.496 e. The van der Waals surface area contributed by atoms with E-state index in [9.17, 15) is 14.4 Å². The molecule has 0 aliphatic rings. The summed E-state index contributed by atoms with van der Waals surface area (Å²) >= 11 is 0. The van der Waals surface area contributed by atoms with E-state index in [4.69, 9.17) is 9.47 Å². The van der Waals surface area contributed by atoms with Crippen molar-refractivity contribution < 1.29 is 23.9 Å². The van der Waals surface area contributed by atoms with Crippen molar-refractivity contribution in [3.8, 4) is 5.75 Å². The van der Waals surface area contributed by atoms with Crippen molar-refractivity contribution in [2.75, 3.05) is 13.7 Å². The van der Waals surface area contributed by atoms with Gasteiger partial charge in [-0.2, -0.15) is 0 Å². The summed E-state index contributed by atoms with van der Waals surface area (Å²) in [6.07, 6.45) is -0.0184. The number of hydrogen-bond donors (Lipinski definition) is 2. The van der Waals surface area contributed by atoms with Crippen LogP contribution < -0.4 is 15.4 Å². The highest BCUT2D eigenvalue weighted by Gasteiger charge is 2.13. The molecule has 0 unspecified atom stereocenters. The Morgan fingerprint density at radius 3 is 2.50 bits per heavy atom. The maximum absolute atomic E-state index is 11.7. The second-order valence-electron chi connectivity index (χ2n) is 4.83. The summed E-state index contributed by atoms with van der Waals surface area (Å²) < 4.78 is 9.95. The van der Waals surface area contributed by atoms with Crippen LogP contribution in [-0.4, -0.2) is 37.7 Å². The third-order valence-electron chi connectivity index (χ3n) is 2.56. The number of urea groups is 1. The first-order valence-electron chi connectivity index (χ1n) is 6.80. The Balaban J connectivity index is 2.40. The molecule has 2 N–H and O–H groups in total. The summed E-state index contributed by atoms with van der Waals surface area (Å²) in [6.45, 7) is 3.01. The number of imide groups is 1. The largest absolute Gasteiger partial charge is 0.496 e. The molecule has 0 saturated heterocycles. The molecule has 0 fully saturated rings. The van der Waals surface area contributed by atoms with Crippen LogP contribution in [0.4, 0.5) is 4.79 Å². The van der Waals surface area contributed by atoms with Crippen molar-refractivity contribution in [1.82, 2.24) is 10.6 Å². The van der Waals surface area contributed by atoms with Crippen molar-refractivity contribution in [3.05, 3.63) is 29.8 Å². The molecule has 0 aromatic heterocycles. The van der Waals surface area contributed by atoms with Crippen molar-refractivity contribution in [3.63, 3.8) is 0 Å². The molecular formula is C15H20N2O5. The lowest BCUT2D eigenvalue weighted by Gasteiger charge is -2.10. The Hall–Kier alpha value is -2.57. The first kappa shape index (κ1) is 17.5. The highest BCUT2D eigenvalue weighted by molar-refractivity contribution is 5.95. The molecule has 1 aromatic carbocycles. The predicted octanol–water partition coefficient (Wildman–Crippen LogP) is 1.02. The number of carbonyl (C=O) groups is 3. The highest BCUT2D eigenvalue weighted by atomic mass is 16.5. The van der Waals surface area contributed by atoms with Gasteiger partial charge in [0.25, 0.3) is 5.91 Å². The van der Waals surface area contributed by atoms with Crippen LogP contribution in [-0.2, 0) is 20.7 Å². The zero-order valence-electron chi connectivity index (χ0n) is 12.8. The first-order valence-corrected chi connectivity index (χ1v) is 6.80. The van der Waals surface area contributed by atoms with E-state index in [-0.39, 0.29) is 12.5 Å². The van der Waals surface area contributed by atoms with Crippen molar-refractivity contribution in [2.45, 2.75) is 26.3 Å². The molecule has 0 radical (unpaired) electrons. The minimum atomic E-state index is -0.688. The van der Waals surface area contributed by atoms with Gasteiger partial charge in [0, 0.05) is 11.6 Å². The van der Waals surface area contributed by atoms with Crippen LogP contribution in [0, 0.1) is 0 Å². The lowest BCUT2D eigenvalue weighted by atomic mass is 10.1. The molecule has 1 aromatic rings. The SMILES string of the molecule is COc1ccccc1CC(=O)OCC(=O)NC(=O)NC(C)C. The Morgan fingerprint density at radius 1 is 1.18 bits per heavy atom. The number of methoxy groups -OCH3 is 1. The second-order valence-corrected chi connectivity index (χ2v) is 4.83. The number of amides is 3. The summed E-state index contributed by atoms with van der Waals surface area (Å²) in [7, 11) is 1.50. The minimum absolute atomic E-state index is 0.0184. The third-order valence-corrected chi connectivity index (χ3v) is 2.56. The van der Waals surface area contributed by atoms with Gasteiger partial charge in [0.15, 0.2) is 6.61 Å². The number of nitrogens with one attached hydrogen (secondary N) is 2. The summed E-state index contributed by atoms with van der Waals surface area (Å²) in [5, 5.41) is 4.55. The maximum Gasteiger partial charge on any atom is 0.321 e. The molecule has 7 heteroatoms. The molecule has 22 heavy (non-hydrogen) atoms. The topological polar surface area (TPSA) is 93.7 Å². The van der Waals surface area contributed by atoms with Gasteiger partial charge in [-0.05, 0) is 19.9 Å². The molecule has 3 amide bonds. The normalized spacial score (nSPS) is 10.0.